The Morgan fingerprint density at radius 3 is 2.60 bits per heavy atom. The van der Waals surface area contributed by atoms with Crippen molar-refractivity contribution in [2.24, 2.45) is 0 Å². The van der Waals surface area contributed by atoms with E-state index in [1.54, 1.807) is 12.1 Å². The van der Waals surface area contributed by atoms with Gasteiger partial charge in [-0.3, -0.25) is 0 Å². The minimum Gasteiger partial charge on any atom is -0.478 e. The summed E-state index contributed by atoms with van der Waals surface area (Å²) >= 11 is 0. The number of rotatable bonds is 3. The highest BCUT2D eigenvalue weighted by molar-refractivity contribution is 5.87. The minimum atomic E-state index is -0.990. The second-order valence-electron chi connectivity index (χ2n) is 4.52. The van der Waals surface area contributed by atoms with Crippen molar-refractivity contribution >= 4 is 12.0 Å². The summed E-state index contributed by atoms with van der Waals surface area (Å²) in [4.78, 5) is 23.9. The summed E-state index contributed by atoms with van der Waals surface area (Å²) in [6.07, 6.45) is 2.00. The molecule has 0 aliphatic carbocycles. The summed E-state index contributed by atoms with van der Waals surface area (Å²) in [5.41, 5.74) is 0.986. The molecule has 0 unspecified atom stereocenters. The Kier molecular flexibility index (Phi) is 4.34. The van der Waals surface area contributed by atoms with Crippen LogP contribution >= 0.6 is 0 Å². The smallest absolute Gasteiger partial charge is 0.335 e. The van der Waals surface area contributed by atoms with Gasteiger partial charge >= 0.3 is 12.0 Å². The number of hydrogen-bond donors (Lipinski definition) is 2. The lowest BCUT2D eigenvalue weighted by atomic mass is 10.1. The first-order chi connectivity index (χ1) is 9.56. The first kappa shape index (κ1) is 14.0. The fraction of sp³-hybridized carbons (Fsp3) is 0.286. The number of hydrogen-bond acceptors (Lipinski definition) is 2. The molecule has 106 valence electrons. The molecule has 0 spiro atoms. The Labute approximate surface area is 115 Å². The van der Waals surface area contributed by atoms with Crippen LogP contribution in [-0.2, 0) is 6.54 Å². The molecule has 2 amide bonds. The normalized spacial score (nSPS) is 14.7. The van der Waals surface area contributed by atoms with Gasteiger partial charge in [0.2, 0.25) is 0 Å². The summed E-state index contributed by atoms with van der Waals surface area (Å²) in [7, 11) is 0. The summed E-state index contributed by atoms with van der Waals surface area (Å²) < 4.78 is 13.1. The van der Waals surface area contributed by atoms with Crippen molar-refractivity contribution in [1.29, 1.82) is 0 Å². The number of nitrogens with zero attached hydrogens (tertiary/aromatic N) is 1. The van der Waals surface area contributed by atoms with E-state index < -0.39 is 5.97 Å². The first-order valence-corrected chi connectivity index (χ1v) is 6.26. The number of benzene rings is 1. The number of carboxylic acids is 1. The maximum absolute atomic E-state index is 13.1. The third-order valence-electron chi connectivity index (χ3n) is 3.04. The van der Waals surface area contributed by atoms with Crippen molar-refractivity contribution in [3.05, 3.63) is 47.3 Å². The molecule has 0 saturated heterocycles. The molecule has 0 aromatic heterocycles. The van der Waals surface area contributed by atoms with Crippen LogP contribution in [-0.4, -0.2) is 35.1 Å². The third kappa shape index (κ3) is 3.57. The number of carbonyl (C=O) groups excluding carboxylic acids is 1. The van der Waals surface area contributed by atoms with E-state index in [0.717, 1.165) is 5.56 Å². The SMILES string of the molecule is O=C(O)c1ccc(CNC(=O)N2CCC=C(F)C2)cc1. The average Bonchev–Trinajstić information content (AvgIpc) is 2.45. The molecule has 0 fully saturated rings. The lowest BCUT2D eigenvalue weighted by molar-refractivity contribution is 0.0697. The fourth-order valence-electron chi connectivity index (χ4n) is 1.93. The average molecular weight is 278 g/mol. The van der Waals surface area contributed by atoms with Gasteiger partial charge in [0.05, 0.1) is 12.1 Å². The van der Waals surface area contributed by atoms with Crippen molar-refractivity contribution < 1.29 is 19.1 Å². The highest BCUT2D eigenvalue weighted by atomic mass is 19.1. The standard InChI is InChI=1S/C14H15FN2O3/c15-12-2-1-7-17(9-12)14(20)16-8-10-3-5-11(6-4-10)13(18)19/h2-6H,1,7-9H2,(H,16,20)(H,18,19). The number of halogens is 1. The highest BCUT2D eigenvalue weighted by Crippen LogP contribution is 2.10. The molecule has 0 saturated carbocycles. The van der Waals surface area contributed by atoms with Gasteiger partial charge < -0.3 is 15.3 Å². The molecule has 6 heteroatoms. The van der Waals surface area contributed by atoms with E-state index >= 15 is 0 Å². The largest absolute Gasteiger partial charge is 0.478 e. The molecule has 2 rings (SSSR count). The fourth-order valence-corrected chi connectivity index (χ4v) is 1.93. The quantitative estimate of drug-likeness (QED) is 0.890. The molecule has 1 aliphatic rings. The van der Waals surface area contributed by atoms with Gasteiger partial charge in [0, 0.05) is 13.1 Å². The first-order valence-electron chi connectivity index (χ1n) is 6.26. The maximum Gasteiger partial charge on any atom is 0.335 e. The number of nitrogens with one attached hydrogen (secondary N) is 1. The van der Waals surface area contributed by atoms with Crippen LogP contribution in [0.15, 0.2) is 36.2 Å². The zero-order valence-corrected chi connectivity index (χ0v) is 10.8. The maximum atomic E-state index is 13.1. The van der Waals surface area contributed by atoms with Gasteiger partial charge in [-0.25, -0.2) is 14.0 Å². The van der Waals surface area contributed by atoms with E-state index in [2.05, 4.69) is 5.32 Å². The van der Waals surface area contributed by atoms with E-state index in [0.29, 0.717) is 13.0 Å². The van der Waals surface area contributed by atoms with Crippen molar-refractivity contribution in [3.8, 4) is 0 Å². The second-order valence-corrected chi connectivity index (χ2v) is 4.52. The summed E-state index contributed by atoms with van der Waals surface area (Å²) in [5.74, 6) is -1.28. The highest BCUT2D eigenvalue weighted by Gasteiger charge is 2.17. The van der Waals surface area contributed by atoms with E-state index in [4.69, 9.17) is 5.11 Å². The number of urea groups is 1. The van der Waals surface area contributed by atoms with Gasteiger partial charge in [0.1, 0.15) is 5.83 Å². The molecule has 0 bridgehead atoms. The van der Waals surface area contributed by atoms with Crippen LogP contribution in [0.3, 0.4) is 0 Å². The summed E-state index contributed by atoms with van der Waals surface area (Å²) in [6.45, 7) is 0.779. The van der Waals surface area contributed by atoms with E-state index in [9.17, 15) is 14.0 Å². The van der Waals surface area contributed by atoms with Gasteiger partial charge in [-0.05, 0) is 30.2 Å². The van der Waals surface area contributed by atoms with Crippen LogP contribution in [0.1, 0.15) is 22.3 Å². The van der Waals surface area contributed by atoms with Crippen molar-refractivity contribution in [2.45, 2.75) is 13.0 Å². The van der Waals surface area contributed by atoms with E-state index in [-0.39, 0.29) is 30.5 Å². The van der Waals surface area contributed by atoms with E-state index in [1.165, 1.54) is 23.1 Å². The molecule has 5 nitrogen and oxygen atoms in total. The van der Waals surface area contributed by atoms with Crippen LogP contribution in [0.2, 0.25) is 0 Å². The van der Waals surface area contributed by atoms with Gasteiger partial charge in [0.15, 0.2) is 0 Å². The predicted molar refractivity (Wildman–Crippen MR) is 71.0 cm³/mol. The van der Waals surface area contributed by atoms with E-state index in [1.807, 2.05) is 0 Å². The Morgan fingerprint density at radius 2 is 2.00 bits per heavy atom. The zero-order valence-electron chi connectivity index (χ0n) is 10.8. The molecule has 1 heterocycles. The Bertz CT molecular complexity index is 540. The monoisotopic (exact) mass is 278 g/mol. The topological polar surface area (TPSA) is 69.6 Å². The van der Waals surface area contributed by atoms with Gasteiger partial charge in [-0.1, -0.05) is 12.1 Å². The van der Waals surface area contributed by atoms with Crippen LogP contribution in [0.4, 0.5) is 9.18 Å². The van der Waals surface area contributed by atoms with Crippen molar-refractivity contribution in [3.63, 3.8) is 0 Å². The molecule has 1 aromatic carbocycles. The predicted octanol–water partition coefficient (Wildman–Crippen LogP) is 2.15. The van der Waals surface area contributed by atoms with Gasteiger partial charge in [-0.15, -0.1) is 0 Å². The molecule has 0 radical (unpaired) electrons. The van der Waals surface area contributed by atoms with Crippen LogP contribution in [0.5, 0.6) is 0 Å². The van der Waals surface area contributed by atoms with Crippen LogP contribution in [0.25, 0.3) is 0 Å². The number of carbonyl (C=O) groups is 2. The van der Waals surface area contributed by atoms with Crippen molar-refractivity contribution in [2.75, 3.05) is 13.1 Å². The summed E-state index contributed by atoms with van der Waals surface area (Å²) in [5, 5.41) is 11.5. The van der Waals surface area contributed by atoms with Crippen molar-refractivity contribution in [1.82, 2.24) is 10.2 Å². The zero-order chi connectivity index (χ0) is 14.5. The number of amides is 2. The lowest BCUT2D eigenvalue weighted by Gasteiger charge is -2.24. The minimum absolute atomic E-state index is 0.00376. The molecule has 1 aliphatic heterocycles. The van der Waals surface area contributed by atoms with Gasteiger partial charge in [-0.2, -0.15) is 0 Å². The Morgan fingerprint density at radius 1 is 1.30 bits per heavy atom. The molecule has 2 N–H and O–H groups in total. The molecule has 20 heavy (non-hydrogen) atoms. The number of carboxylic acid groups (broad SMARTS) is 1. The molecular formula is C14H15FN2O3. The number of aromatic carboxylic acids is 1. The summed E-state index contributed by atoms with van der Waals surface area (Å²) in [6, 6.07) is 5.91. The molecule has 0 atom stereocenters. The van der Waals surface area contributed by atoms with Crippen LogP contribution < -0.4 is 5.32 Å². The lowest BCUT2D eigenvalue weighted by Crippen LogP contribution is -2.42. The molecule has 1 aromatic rings. The third-order valence-corrected chi connectivity index (χ3v) is 3.04. The molecular weight excluding hydrogens is 263 g/mol. The Balaban J connectivity index is 1.87. The van der Waals surface area contributed by atoms with Gasteiger partial charge in [0.25, 0.3) is 0 Å². The second kappa shape index (κ2) is 6.18. The van der Waals surface area contributed by atoms with Crippen LogP contribution in [0, 0.1) is 0 Å². The Hall–Kier alpha value is -2.37.